The van der Waals surface area contributed by atoms with E-state index in [2.05, 4.69) is 5.32 Å². The largest absolute Gasteiger partial charge is 0.319 e. The standard InChI is InChI=1S/C17H11Cl3N2O2/c1-9(23)22-8-12(11-7-10(18)5-6-15(11)22)17(24)21-16-13(19)3-2-4-14(16)20/h2-8H,1H3,(H,21,24). The summed E-state index contributed by atoms with van der Waals surface area (Å²) in [6.07, 6.45) is 1.48. The van der Waals surface area contributed by atoms with Crippen molar-refractivity contribution in [2.75, 3.05) is 5.32 Å². The molecule has 0 aliphatic rings. The van der Waals surface area contributed by atoms with E-state index in [0.717, 1.165) is 0 Å². The van der Waals surface area contributed by atoms with E-state index in [9.17, 15) is 9.59 Å². The Labute approximate surface area is 152 Å². The summed E-state index contributed by atoms with van der Waals surface area (Å²) in [6.45, 7) is 1.42. The van der Waals surface area contributed by atoms with E-state index in [-0.39, 0.29) is 5.91 Å². The zero-order chi connectivity index (χ0) is 17.4. The van der Waals surface area contributed by atoms with Gasteiger partial charge in [0.25, 0.3) is 5.91 Å². The first-order chi connectivity index (χ1) is 11.4. The molecule has 0 radical (unpaired) electrons. The molecule has 0 fully saturated rings. The highest BCUT2D eigenvalue weighted by Crippen LogP contribution is 2.31. The third-order valence-corrected chi connectivity index (χ3v) is 4.42. The first-order valence-corrected chi connectivity index (χ1v) is 8.09. The molecule has 24 heavy (non-hydrogen) atoms. The molecule has 1 N–H and O–H groups in total. The van der Waals surface area contributed by atoms with Gasteiger partial charge in [-0.05, 0) is 30.3 Å². The molecular weight excluding hydrogens is 371 g/mol. The van der Waals surface area contributed by atoms with Crippen LogP contribution in [0.1, 0.15) is 22.1 Å². The maximum absolute atomic E-state index is 12.7. The normalized spacial score (nSPS) is 10.8. The molecule has 0 bridgehead atoms. The minimum atomic E-state index is -0.433. The van der Waals surface area contributed by atoms with Crippen molar-refractivity contribution in [1.82, 2.24) is 4.57 Å². The summed E-state index contributed by atoms with van der Waals surface area (Å²) in [4.78, 5) is 24.5. The van der Waals surface area contributed by atoms with Crippen molar-refractivity contribution in [3.8, 4) is 0 Å². The molecule has 4 nitrogen and oxygen atoms in total. The van der Waals surface area contributed by atoms with Gasteiger partial charge in [0.2, 0.25) is 5.91 Å². The molecule has 1 heterocycles. The first kappa shape index (κ1) is 16.8. The van der Waals surface area contributed by atoms with E-state index in [4.69, 9.17) is 34.8 Å². The lowest BCUT2D eigenvalue weighted by Crippen LogP contribution is -2.12. The average Bonchev–Trinajstić information content (AvgIpc) is 2.90. The minimum absolute atomic E-state index is 0.211. The SMILES string of the molecule is CC(=O)n1cc(C(=O)Nc2c(Cl)cccc2Cl)c2cc(Cl)ccc21. The molecule has 122 valence electrons. The molecule has 7 heteroatoms. The lowest BCUT2D eigenvalue weighted by atomic mass is 10.1. The smallest absolute Gasteiger partial charge is 0.257 e. The second-order valence-corrected chi connectivity index (χ2v) is 6.39. The van der Waals surface area contributed by atoms with Crippen LogP contribution in [0.25, 0.3) is 10.9 Å². The Hall–Kier alpha value is -2.01. The van der Waals surface area contributed by atoms with Crippen molar-refractivity contribution >= 4 is 63.2 Å². The average molecular weight is 382 g/mol. The minimum Gasteiger partial charge on any atom is -0.319 e. The van der Waals surface area contributed by atoms with E-state index in [1.165, 1.54) is 17.7 Å². The molecule has 1 amide bonds. The van der Waals surface area contributed by atoms with E-state index >= 15 is 0 Å². The van der Waals surface area contributed by atoms with Crippen LogP contribution >= 0.6 is 34.8 Å². The number of carbonyl (C=O) groups is 2. The highest BCUT2D eigenvalue weighted by atomic mass is 35.5. The van der Waals surface area contributed by atoms with Gasteiger partial charge in [-0.3, -0.25) is 14.2 Å². The third-order valence-electron chi connectivity index (χ3n) is 3.55. The number of para-hydroxylation sites is 1. The fourth-order valence-corrected chi connectivity index (χ4v) is 3.11. The predicted octanol–water partition coefficient (Wildman–Crippen LogP) is 5.51. The quantitative estimate of drug-likeness (QED) is 0.636. The Bertz CT molecular complexity index is 959. The molecule has 0 saturated carbocycles. The van der Waals surface area contributed by atoms with Gasteiger partial charge in [-0.25, -0.2) is 0 Å². The van der Waals surface area contributed by atoms with Gasteiger partial charge in [0, 0.05) is 23.5 Å². The number of hydrogen-bond donors (Lipinski definition) is 1. The number of nitrogens with one attached hydrogen (secondary N) is 1. The van der Waals surface area contributed by atoms with Gasteiger partial charge < -0.3 is 5.32 Å². The number of carbonyl (C=O) groups excluding carboxylic acids is 2. The summed E-state index contributed by atoms with van der Waals surface area (Å²) in [5.41, 5.74) is 1.22. The number of hydrogen-bond acceptors (Lipinski definition) is 2. The van der Waals surface area contributed by atoms with Gasteiger partial charge in [-0.15, -0.1) is 0 Å². The van der Waals surface area contributed by atoms with Crippen LogP contribution in [0.2, 0.25) is 15.1 Å². The Balaban J connectivity index is 2.10. The number of nitrogens with zero attached hydrogens (tertiary/aromatic N) is 1. The number of fused-ring (bicyclic) bond motifs is 1. The molecule has 2 aromatic carbocycles. The molecule has 0 unspecified atom stereocenters. The van der Waals surface area contributed by atoms with Gasteiger partial charge in [-0.2, -0.15) is 0 Å². The molecule has 1 aromatic heterocycles. The number of aromatic nitrogens is 1. The van der Waals surface area contributed by atoms with Crippen LogP contribution in [0.4, 0.5) is 5.69 Å². The maximum Gasteiger partial charge on any atom is 0.257 e. The topological polar surface area (TPSA) is 51.1 Å². The predicted molar refractivity (Wildman–Crippen MR) is 97.7 cm³/mol. The van der Waals surface area contributed by atoms with E-state index in [1.807, 2.05) is 0 Å². The molecule has 0 aliphatic carbocycles. The second-order valence-electron chi connectivity index (χ2n) is 5.14. The monoisotopic (exact) mass is 380 g/mol. The fraction of sp³-hybridized carbons (Fsp3) is 0.0588. The van der Waals surface area contributed by atoms with Crippen LogP contribution in [-0.2, 0) is 0 Å². The van der Waals surface area contributed by atoms with Gasteiger partial charge in [0.1, 0.15) is 0 Å². The zero-order valence-electron chi connectivity index (χ0n) is 12.4. The maximum atomic E-state index is 12.7. The lowest BCUT2D eigenvalue weighted by Gasteiger charge is -2.08. The Morgan fingerprint density at radius 1 is 1.04 bits per heavy atom. The van der Waals surface area contributed by atoms with Crippen molar-refractivity contribution < 1.29 is 9.59 Å². The summed E-state index contributed by atoms with van der Waals surface area (Å²) < 4.78 is 1.40. The summed E-state index contributed by atoms with van der Waals surface area (Å²) in [7, 11) is 0. The number of rotatable bonds is 2. The number of anilines is 1. The number of amides is 1. The van der Waals surface area contributed by atoms with Crippen molar-refractivity contribution in [2.45, 2.75) is 6.92 Å². The Kier molecular flexibility index (Phi) is 4.54. The molecular formula is C17H11Cl3N2O2. The Morgan fingerprint density at radius 3 is 2.33 bits per heavy atom. The zero-order valence-corrected chi connectivity index (χ0v) is 14.7. The van der Waals surface area contributed by atoms with Gasteiger partial charge in [0.05, 0.1) is 26.8 Å². The van der Waals surface area contributed by atoms with Gasteiger partial charge >= 0.3 is 0 Å². The molecule has 3 rings (SSSR count). The molecule has 0 atom stereocenters. The van der Waals surface area contributed by atoms with Gasteiger partial charge in [0.15, 0.2) is 0 Å². The van der Waals surface area contributed by atoms with Crippen molar-refractivity contribution in [3.05, 3.63) is 63.2 Å². The first-order valence-electron chi connectivity index (χ1n) is 6.95. The van der Waals surface area contributed by atoms with Crippen LogP contribution in [-0.4, -0.2) is 16.4 Å². The second kappa shape index (κ2) is 6.48. The van der Waals surface area contributed by atoms with Gasteiger partial charge in [-0.1, -0.05) is 40.9 Å². The molecule has 0 spiro atoms. The summed E-state index contributed by atoms with van der Waals surface area (Å²) in [5.74, 6) is -0.644. The van der Waals surface area contributed by atoms with E-state index in [1.54, 1.807) is 36.4 Å². The van der Waals surface area contributed by atoms with Crippen molar-refractivity contribution in [3.63, 3.8) is 0 Å². The van der Waals surface area contributed by atoms with Crippen LogP contribution < -0.4 is 5.32 Å². The highest BCUT2D eigenvalue weighted by Gasteiger charge is 2.19. The van der Waals surface area contributed by atoms with Crippen molar-refractivity contribution in [1.29, 1.82) is 0 Å². The number of halogens is 3. The van der Waals surface area contributed by atoms with Crippen LogP contribution in [0.15, 0.2) is 42.6 Å². The fourth-order valence-electron chi connectivity index (χ4n) is 2.44. The lowest BCUT2D eigenvalue weighted by molar-refractivity contribution is 0.0941. The van der Waals surface area contributed by atoms with Crippen LogP contribution in [0.3, 0.4) is 0 Å². The summed E-state index contributed by atoms with van der Waals surface area (Å²) in [5, 5.41) is 4.37. The third kappa shape index (κ3) is 3.00. The van der Waals surface area contributed by atoms with Crippen LogP contribution in [0.5, 0.6) is 0 Å². The molecule has 0 aliphatic heterocycles. The molecule has 3 aromatic rings. The van der Waals surface area contributed by atoms with E-state index in [0.29, 0.717) is 37.2 Å². The summed E-state index contributed by atoms with van der Waals surface area (Å²) in [6, 6.07) is 9.92. The summed E-state index contributed by atoms with van der Waals surface area (Å²) >= 11 is 18.2. The van der Waals surface area contributed by atoms with Crippen LogP contribution in [0, 0.1) is 0 Å². The van der Waals surface area contributed by atoms with Crippen molar-refractivity contribution in [2.24, 2.45) is 0 Å². The Morgan fingerprint density at radius 2 is 1.71 bits per heavy atom. The molecule has 0 saturated heterocycles. The highest BCUT2D eigenvalue weighted by molar-refractivity contribution is 6.40. The van der Waals surface area contributed by atoms with E-state index < -0.39 is 5.91 Å². The number of benzene rings is 2.